The van der Waals surface area contributed by atoms with Crippen molar-refractivity contribution < 1.29 is 4.74 Å². The zero-order chi connectivity index (χ0) is 27.1. The molecule has 0 N–H and O–H groups in total. The Labute approximate surface area is 231 Å². The maximum absolute atomic E-state index is 5.99. The van der Waals surface area contributed by atoms with Crippen LogP contribution in [0.5, 0.6) is 5.75 Å². The fraction of sp³-hybridized carbons (Fsp3) is 0.424. The summed E-state index contributed by atoms with van der Waals surface area (Å²) in [6.45, 7) is 8.97. The Morgan fingerprint density at radius 1 is 0.897 bits per heavy atom. The molecule has 0 saturated heterocycles. The molecule has 6 atom stereocenters. The van der Waals surface area contributed by atoms with Crippen molar-refractivity contribution in [3.8, 4) is 5.75 Å². The lowest BCUT2D eigenvalue weighted by atomic mass is 9.68. The SMILES string of the molecule is CCc1ncc(C(C)C2c3ccc(nn3)CC3CC(C)c4ccc(cc4OC)C(C)C2c2ccc3nc2)cn1. The zero-order valence-electron chi connectivity index (χ0n) is 23.5. The van der Waals surface area contributed by atoms with Gasteiger partial charge in [0, 0.05) is 48.5 Å². The first kappa shape index (κ1) is 25.6. The minimum Gasteiger partial charge on any atom is -0.496 e. The fourth-order valence-electron chi connectivity index (χ4n) is 6.80. The third-order valence-electron chi connectivity index (χ3n) is 9.13. The molecule has 6 heteroatoms. The molecule has 0 fully saturated rings. The van der Waals surface area contributed by atoms with Crippen molar-refractivity contribution in [3.05, 3.63) is 106 Å². The topological polar surface area (TPSA) is 73.7 Å². The summed E-state index contributed by atoms with van der Waals surface area (Å²) in [5, 5.41) is 9.69. The molecule has 3 aliphatic carbocycles. The highest BCUT2D eigenvalue weighted by Gasteiger charge is 2.38. The number of rotatable bonds is 4. The number of pyridine rings is 1. The van der Waals surface area contributed by atoms with Gasteiger partial charge in [-0.3, -0.25) is 4.98 Å². The molecule has 200 valence electrons. The van der Waals surface area contributed by atoms with Crippen LogP contribution >= 0.6 is 0 Å². The molecule has 6 unspecified atom stereocenters. The van der Waals surface area contributed by atoms with Crippen molar-refractivity contribution in [3.63, 3.8) is 0 Å². The van der Waals surface area contributed by atoms with Gasteiger partial charge in [-0.25, -0.2) is 9.97 Å². The molecule has 8 heterocycles. The van der Waals surface area contributed by atoms with E-state index in [-0.39, 0.29) is 29.6 Å². The van der Waals surface area contributed by atoms with E-state index >= 15 is 0 Å². The van der Waals surface area contributed by atoms with Crippen LogP contribution in [0, 0.1) is 0 Å². The predicted molar refractivity (Wildman–Crippen MR) is 152 cm³/mol. The average molecular weight is 520 g/mol. The first-order chi connectivity index (χ1) is 19.0. The van der Waals surface area contributed by atoms with E-state index in [0.29, 0.717) is 5.92 Å². The van der Waals surface area contributed by atoms with Crippen LogP contribution in [0.25, 0.3) is 0 Å². The molecular weight excluding hydrogens is 482 g/mol. The zero-order valence-corrected chi connectivity index (χ0v) is 23.5. The molecule has 1 aromatic carbocycles. The highest BCUT2D eigenvalue weighted by molar-refractivity contribution is 5.44. The van der Waals surface area contributed by atoms with Crippen molar-refractivity contribution in [2.24, 2.45) is 0 Å². The first-order valence-corrected chi connectivity index (χ1v) is 14.2. The van der Waals surface area contributed by atoms with Gasteiger partial charge in [0.1, 0.15) is 11.6 Å². The minimum atomic E-state index is 0.0372. The summed E-state index contributed by atoms with van der Waals surface area (Å²) in [4.78, 5) is 14.4. The Morgan fingerprint density at radius 3 is 2.33 bits per heavy atom. The molecule has 0 radical (unpaired) electrons. The average Bonchev–Trinajstić information content (AvgIpc) is 2.99. The van der Waals surface area contributed by atoms with E-state index in [1.807, 2.05) is 12.4 Å². The van der Waals surface area contributed by atoms with Gasteiger partial charge in [-0.1, -0.05) is 45.9 Å². The molecule has 8 aliphatic rings. The number of hydrogen-bond donors (Lipinski definition) is 0. The summed E-state index contributed by atoms with van der Waals surface area (Å²) in [5.41, 5.74) is 7.94. The summed E-state index contributed by atoms with van der Waals surface area (Å²) >= 11 is 0. The summed E-state index contributed by atoms with van der Waals surface area (Å²) in [7, 11) is 1.79. The standard InChI is InChI=1S/C33H37N5O/c1-6-31-35-17-25(18-36-31)21(4)33-29-12-9-26(37-38-29)14-24-13-19(2)27-10-7-22(15-30(27)39-5)20(3)32(33)23-8-11-28(24)34-16-23/h7-12,15-21,24,32-33H,6,13-14H2,1-5H3. The van der Waals surface area contributed by atoms with Crippen molar-refractivity contribution in [2.75, 3.05) is 7.11 Å². The Balaban J connectivity index is 1.60. The highest BCUT2D eigenvalue weighted by atomic mass is 16.5. The first-order valence-electron chi connectivity index (χ1n) is 14.2. The van der Waals surface area contributed by atoms with Gasteiger partial charge in [0.2, 0.25) is 0 Å². The number of aromatic nitrogens is 5. The number of methoxy groups -OCH3 is 1. The Kier molecular flexibility index (Phi) is 6.88. The lowest BCUT2D eigenvalue weighted by Gasteiger charge is -2.36. The van der Waals surface area contributed by atoms with Gasteiger partial charge in [-0.2, -0.15) is 10.2 Å². The second-order valence-corrected chi connectivity index (χ2v) is 11.4. The quantitative estimate of drug-likeness (QED) is 0.293. The van der Waals surface area contributed by atoms with E-state index in [1.165, 1.54) is 16.7 Å². The minimum absolute atomic E-state index is 0.0372. The second-order valence-electron chi connectivity index (χ2n) is 11.4. The number of hydrogen-bond acceptors (Lipinski definition) is 6. The monoisotopic (exact) mass is 519 g/mol. The molecule has 12 rings (SSSR count). The second kappa shape index (κ2) is 10.5. The predicted octanol–water partition coefficient (Wildman–Crippen LogP) is 6.85. The van der Waals surface area contributed by atoms with Crippen LogP contribution in [-0.2, 0) is 12.8 Å². The van der Waals surface area contributed by atoms with Crippen molar-refractivity contribution in [1.29, 1.82) is 0 Å². The van der Waals surface area contributed by atoms with Gasteiger partial charge in [-0.05, 0) is 77.1 Å². The van der Waals surface area contributed by atoms with Gasteiger partial charge >= 0.3 is 0 Å². The molecule has 4 aromatic rings. The van der Waals surface area contributed by atoms with Crippen LogP contribution in [-0.4, -0.2) is 32.3 Å². The maximum Gasteiger partial charge on any atom is 0.127 e. The summed E-state index contributed by atoms with van der Waals surface area (Å²) < 4.78 is 5.99. The lowest BCUT2D eigenvalue weighted by Crippen LogP contribution is -2.25. The molecule has 0 amide bonds. The van der Waals surface area contributed by atoms with Crippen molar-refractivity contribution in [2.45, 2.75) is 82.5 Å². The van der Waals surface area contributed by atoms with Gasteiger partial charge in [-0.15, -0.1) is 0 Å². The van der Waals surface area contributed by atoms with Crippen LogP contribution < -0.4 is 4.74 Å². The van der Waals surface area contributed by atoms with Gasteiger partial charge in [0.05, 0.1) is 18.5 Å². The molecule has 39 heavy (non-hydrogen) atoms. The summed E-state index contributed by atoms with van der Waals surface area (Å²) in [6.07, 6.45) is 8.68. The fourth-order valence-corrected chi connectivity index (χ4v) is 6.80. The maximum atomic E-state index is 5.99. The molecule has 5 aliphatic heterocycles. The van der Waals surface area contributed by atoms with Crippen LogP contribution in [0.1, 0.15) is 115 Å². The smallest absolute Gasteiger partial charge is 0.127 e. The summed E-state index contributed by atoms with van der Waals surface area (Å²) in [5.74, 6) is 2.78. The lowest BCUT2D eigenvalue weighted by molar-refractivity contribution is 0.397. The van der Waals surface area contributed by atoms with E-state index in [0.717, 1.165) is 53.5 Å². The molecule has 0 saturated carbocycles. The van der Waals surface area contributed by atoms with E-state index in [9.17, 15) is 0 Å². The molecule has 0 spiro atoms. The molecule has 6 nitrogen and oxygen atoms in total. The number of nitrogens with zero attached hydrogens (tertiary/aromatic N) is 5. The van der Waals surface area contributed by atoms with Crippen LogP contribution in [0.3, 0.4) is 0 Å². The van der Waals surface area contributed by atoms with Crippen LogP contribution in [0.4, 0.5) is 0 Å². The number of ether oxygens (including phenoxy) is 1. The van der Waals surface area contributed by atoms with Crippen LogP contribution in [0.2, 0.25) is 0 Å². The van der Waals surface area contributed by atoms with Crippen molar-refractivity contribution >= 4 is 0 Å². The van der Waals surface area contributed by atoms with E-state index in [4.69, 9.17) is 19.9 Å². The van der Waals surface area contributed by atoms with Gasteiger partial charge in [0.25, 0.3) is 0 Å². The van der Waals surface area contributed by atoms with E-state index in [1.54, 1.807) is 7.11 Å². The molecule has 3 aromatic heterocycles. The summed E-state index contributed by atoms with van der Waals surface area (Å²) in [6, 6.07) is 15.8. The normalized spacial score (nSPS) is 24.6. The Morgan fingerprint density at radius 2 is 1.67 bits per heavy atom. The Bertz CT molecular complexity index is 1430. The number of aryl methyl sites for hydroxylation is 1. The van der Waals surface area contributed by atoms with E-state index < -0.39 is 0 Å². The molecular formula is C33H37N5O. The van der Waals surface area contributed by atoms with Gasteiger partial charge < -0.3 is 4.74 Å². The highest BCUT2D eigenvalue weighted by Crippen LogP contribution is 2.50. The third-order valence-corrected chi connectivity index (χ3v) is 9.13. The van der Waals surface area contributed by atoms with Gasteiger partial charge in [0.15, 0.2) is 0 Å². The molecule has 8 bridgehead atoms. The van der Waals surface area contributed by atoms with Crippen molar-refractivity contribution in [1.82, 2.24) is 25.1 Å². The van der Waals surface area contributed by atoms with Crippen LogP contribution in [0.15, 0.2) is 61.1 Å². The third kappa shape index (κ3) is 4.70. The number of benzene rings is 1. The van der Waals surface area contributed by atoms with E-state index in [2.05, 4.69) is 86.3 Å². The Hall–Kier alpha value is -3.67. The largest absolute Gasteiger partial charge is 0.496 e.